The summed E-state index contributed by atoms with van der Waals surface area (Å²) in [5.41, 5.74) is 0. The highest BCUT2D eigenvalue weighted by atomic mass is 32.2. The average Bonchev–Trinajstić information content (AvgIpc) is 3.09. The molecule has 1 saturated heterocycles. The van der Waals surface area contributed by atoms with E-state index in [0.717, 1.165) is 0 Å². The van der Waals surface area contributed by atoms with Gasteiger partial charge >= 0.3 is 0 Å². The second-order valence-electron chi connectivity index (χ2n) is 5.34. The number of anilines is 1. The van der Waals surface area contributed by atoms with Crippen molar-refractivity contribution in [1.82, 2.24) is 9.29 Å². The van der Waals surface area contributed by atoms with Crippen molar-refractivity contribution in [2.75, 3.05) is 18.4 Å². The van der Waals surface area contributed by atoms with Crippen LogP contribution in [-0.2, 0) is 14.8 Å². The molecule has 1 fully saturated rings. The second kappa shape index (κ2) is 6.77. The molecule has 0 aliphatic carbocycles. The molecule has 1 aromatic heterocycles. The van der Waals surface area contributed by atoms with Crippen molar-refractivity contribution in [3.05, 3.63) is 41.9 Å². The monoisotopic (exact) mass is 351 g/mol. The zero-order valence-electron chi connectivity index (χ0n) is 12.4. The van der Waals surface area contributed by atoms with Crippen molar-refractivity contribution >= 4 is 32.4 Å². The van der Waals surface area contributed by atoms with Gasteiger partial charge in [0.05, 0.1) is 10.8 Å². The van der Waals surface area contributed by atoms with E-state index in [1.54, 1.807) is 41.9 Å². The largest absolute Gasteiger partial charge is 0.302 e. The van der Waals surface area contributed by atoms with Gasteiger partial charge in [0, 0.05) is 24.7 Å². The first kappa shape index (κ1) is 16.1. The van der Waals surface area contributed by atoms with Crippen molar-refractivity contribution < 1.29 is 13.2 Å². The first-order chi connectivity index (χ1) is 11.1. The lowest BCUT2D eigenvalue weighted by Gasteiger charge is -2.31. The van der Waals surface area contributed by atoms with Crippen molar-refractivity contribution in [2.45, 2.75) is 17.7 Å². The summed E-state index contributed by atoms with van der Waals surface area (Å²) >= 11 is 1.34. The van der Waals surface area contributed by atoms with E-state index >= 15 is 0 Å². The van der Waals surface area contributed by atoms with E-state index in [2.05, 4.69) is 10.3 Å². The standard InChI is InChI=1S/C15H17N3O3S2/c19-14(17-15-16-8-10-22-15)12-5-4-9-18(11-12)23(20,21)13-6-2-1-3-7-13/h1-3,6-8,10,12H,4-5,9,11H2,(H,16,17,19)/t12-/m1/s1. The third-order valence-electron chi connectivity index (χ3n) is 3.80. The molecule has 122 valence electrons. The summed E-state index contributed by atoms with van der Waals surface area (Å²) in [6.45, 7) is 0.646. The maximum absolute atomic E-state index is 12.7. The molecule has 6 nitrogen and oxygen atoms in total. The van der Waals surface area contributed by atoms with E-state index in [0.29, 0.717) is 24.5 Å². The topological polar surface area (TPSA) is 79.4 Å². The Morgan fingerprint density at radius 1 is 1.30 bits per heavy atom. The molecule has 0 unspecified atom stereocenters. The van der Waals surface area contributed by atoms with Gasteiger partial charge in [-0.15, -0.1) is 11.3 Å². The average molecular weight is 351 g/mol. The van der Waals surface area contributed by atoms with Gasteiger partial charge in [-0.1, -0.05) is 18.2 Å². The Labute approximate surface area is 139 Å². The molecule has 1 amide bonds. The molecule has 23 heavy (non-hydrogen) atoms. The summed E-state index contributed by atoms with van der Waals surface area (Å²) in [6, 6.07) is 8.33. The molecule has 2 heterocycles. The Kier molecular flexibility index (Phi) is 4.74. The zero-order chi connectivity index (χ0) is 16.3. The number of nitrogens with one attached hydrogen (secondary N) is 1. The van der Waals surface area contributed by atoms with E-state index in [9.17, 15) is 13.2 Å². The summed E-state index contributed by atoms with van der Waals surface area (Å²) in [5, 5.41) is 5.07. The number of rotatable bonds is 4. The van der Waals surface area contributed by atoms with Crippen LogP contribution >= 0.6 is 11.3 Å². The van der Waals surface area contributed by atoms with Crippen molar-refractivity contribution in [2.24, 2.45) is 5.92 Å². The molecule has 0 bridgehead atoms. The zero-order valence-corrected chi connectivity index (χ0v) is 14.0. The van der Waals surface area contributed by atoms with Gasteiger partial charge < -0.3 is 5.32 Å². The van der Waals surface area contributed by atoms with Crippen LogP contribution in [0.25, 0.3) is 0 Å². The Bertz CT molecular complexity index is 761. The van der Waals surface area contributed by atoms with Gasteiger partial charge in [-0.25, -0.2) is 13.4 Å². The lowest BCUT2D eigenvalue weighted by Crippen LogP contribution is -2.43. The molecule has 0 radical (unpaired) electrons. The minimum atomic E-state index is -3.55. The van der Waals surface area contributed by atoms with E-state index in [-0.39, 0.29) is 23.3 Å². The van der Waals surface area contributed by atoms with E-state index in [1.807, 2.05) is 0 Å². The highest BCUT2D eigenvalue weighted by Crippen LogP contribution is 2.25. The predicted octanol–water partition coefficient (Wildman–Crippen LogP) is 2.18. The van der Waals surface area contributed by atoms with Crippen LogP contribution in [0.5, 0.6) is 0 Å². The van der Waals surface area contributed by atoms with Crippen molar-refractivity contribution in [3.8, 4) is 0 Å². The number of piperidine rings is 1. The van der Waals surface area contributed by atoms with Crippen LogP contribution in [0.3, 0.4) is 0 Å². The van der Waals surface area contributed by atoms with E-state index in [4.69, 9.17) is 0 Å². The molecular formula is C15H17N3O3S2. The van der Waals surface area contributed by atoms with Crippen LogP contribution in [0.1, 0.15) is 12.8 Å². The fourth-order valence-corrected chi connectivity index (χ4v) is 4.69. The molecule has 1 N–H and O–H groups in total. The SMILES string of the molecule is O=C(Nc1nccs1)[C@@H]1CCCN(S(=O)(=O)c2ccccc2)C1. The second-order valence-corrected chi connectivity index (χ2v) is 8.17. The summed E-state index contributed by atoms with van der Waals surface area (Å²) in [7, 11) is -3.55. The highest BCUT2D eigenvalue weighted by Gasteiger charge is 2.33. The molecule has 2 aromatic rings. The van der Waals surface area contributed by atoms with Crippen LogP contribution in [0.15, 0.2) is 46.8 Å². The fraction of sp³-hybridized carbons (Fsp3) is 0.333. The van der Waals surface area contributed by atoms with Gasteiger partial charge in [-0.05, 0) is 25.0 Å². The number of aromatic nitrogens is 1. The molecule has 8 heteroatoms. The van der Waals surface area contributed by atoms with Gasteiger partial charge in [0.1, 0.15) is 0 Å². The number of benzene rings is 1. The molecule has 1 aromatic carbocycles. The lowest BCUT2D eigenvalue weighted by atomic mass is 9.99. The van der Waals surface area contributed by atoms with Crippen molar-refractivity contribution in [1.29, 1.82) is 0 Å². The van der Waals surface area contributed by atoms with Gasteiger partial charge in [0.2, 0.25) is 15.9 Å². The van der Waals surface area contributed by atoms with Gasteiger partial charge in [-0.3, -0.25) is 4.79 Å². The third-order valence-corrected chi connectivity index (χ3v) is 6.37. The quantitative estimate of drug-likeness (QED) is 0.916. The summed E-state index contributed by atoms with van der Waals surface area (Å²) in [4.78, 5) is 16.6. The van der Waals surface area contributed by atoms with E-state index < -0.39 is 10.0 Å². The smallest absolute Gasteiger partial charge is 0.243 e. The highest BCUT2D eigenvalue weighted by molar-refractivity contribution is 7.89. The van der Waals surface area contributed by atoms with Crippen LogP contribution in [0, 0.1) is 5.92 Å². The van der Waals surface area contributed by atoms with Crippen LogP contribution < -0.4 is 5.32 Å². The summed E-state index contributed by atoms with van der Waals surface area (Å²) in [6.07, 6.45) is 2.97. The Balaban J connectivity index is 1.72. The molecule has 1 atom stereocenters. The van der Waals surface area contributed by atoms with Crippen molar-refractivity contribution in [3.63, 3.8) is 0 Å². The van der Waals surface area contributed by atoms with Gasteiger partial charge in [0.15, 0.2) is 5.13 Å². The molecule has 0 spiro atoms. The van der Waals surface area contributed by atoms with E-state index in [1.165, 1.54) is 15.6 Å². The first-order valence-electron chi connectivity index (χ1n) is 7.33. The summed E-state index contributed by atoms with van der Waals surface area (Å²) < 4.78 is 26.7. The lowest BCUT2D eigenvalue weighted by molar-refractivity contribution is -0.120. The Morgan fingerprint density at radius 2 is 2.09 bits per heavy atom. The van der Waals surface area contributed by atoms with Crippen LogP contribution in [0.2, 0.25) is 0 Å². The number of amides is 1. The number of hydrogen-bond donors (Lipinski definition) is 1. The normalized spacial score (nSPS) is 19.4. The number of thiazole rings is 1. The first-order valence-corrected chi connectivity index (χ1v) is 9.65. The number of sulfonamides is 1. The van der Waals surface area contributed by atoms with Gasteiger partial charge in [-0.2, -0.15) is 4.31 Å². The van der Waals surface area contributed by atoms with Gasteiger partial charge in [0.25, 0.3) is 0 Å². The molecule has 0 saturated carbocycles. The fourth-order valence-electron chi connectivity index (χ4n) is 2.61. The Morgan fingerprint density at radius 3 is 2.78 bits per heavy atom. The number of carbonyl (C=O) groups is 1. The minimum Gasteiger partial charge on any atom is -0.302 e. The van der Waals surface area contributed by atoms with Crippen LogP contribution in [0.4, 0.5) is 5.13 Å². The summed E-state index contributed by atoms with van der Waals surface area (Å²) in [5.74, 6) is -0.529. The van der Waals surface area contributed by atoms with Crippen LogP contribution in [-0.4, -0.2) is 36.7 Å². The number of nitrogens with zero attached hydrogens (tertiary/aromatic N) is 2. The Hall–Kier alpha value is -1.77. The number of hydrogen-bond acceptors (Lipinski definition) is 5. The molecule has 1 aliphatic heterocycles. The predicted molar refractivity (Wildman–Crippen MR) is 88.7 cm³/mol. The molecule has 1 aliphatic rings. The molecular weight excluding hydrogens is 334 g/mol. The molecule has 3 rings (SSSR count). The maximum Gasteiger partial charge on any atom is 0.243 e. The third kappa shape index (κ3) is 3.60. The minimum absolute atomic E-state index is 0.173. The maximum atomic E-state index is 12.7. The number of carbonyl (C=O) groups excluding carboxylic acids is 1.